The van der Waals surface area contributed by atoms with E-state index in [1.54, 1.807) is 0 Å². The number of sulfone groups is 1. The number of nitro groups is 1. The third-order valence-electron chi connectivity index (χ3n) is 3.10. The Hall–Kier alpha value is -2.88. The molecule has 0 fully saturated rings. The standard InChI is InChI=1S/C14H15N3O6S/c1-24(21,22)11-2-3-12(13(8-11)17(19)20)15-5-6-16-14(18)10-4-7-23-9-10/h2-4,7-9,15H,5-6H2,1H3,(H,16,18). The topological polar surface area (TPSA) is 132 Å². The van der Waals surface area contributed by atoms with Gasteiger partial charge in [-0.15, -0.1) is 0 Å². The zero-order chi connectivity index (χ0) is 17.7. The number of rotatable bonds is 7. The van der Waals surface area contributed by atoms with Crippen LogP contribution in [0.1, 0.15) is 10.4 Å². The predicted octanol–water partition coefficient (Wildman–Crippen LogP) is 1.43. The van der Waals surface area contributed by atoms with Gasteiger partial charge in [0.1, 0.15) is 12.0 Å². The first kappa shape index (κ1) is 17.5. The lowest BCUT2D eigenvalue weighted by atomic mass is 10.2. The summed E-state index contributed by atoms with van der Waals surface area (Å²) in [5.41, 5.74) is 0.197. The predicted molar refractivity (Wildman–Crippen MR) is 85.7 cm³/mol. The Bertz CT molecular complexity index is 845. The van der Waals surface area contributed by atoms with Crippen molar-refractivity contribution in [2.75, 3.05) is 24.7 Å². The zero-order valence-electron chi connectivity index (χ0n) is 12.7. The fourth-order valence-corrected chi connectivity index (χ4v) is 2.55. The van der Waals surface area contributed by atoms with Gasteiger partial charge in [-0.1, -0.05) is 0 Å². The van der Waals surface area contributed by atoms with Crippen molar-refractivity contribution in [1.82, 2.24) is 5.32 Å². The van der Waals surface area contributed by atoms with E-state index in [1.807, 2.05) is 0 Å². The minimum Gasteiger partial charge on any atom is -0.472 e. The second kappa shape index (κ2) is 7.13. The molecule has 0 unspecified atom stereocenters. The number of nitro benzene ring substituents is 1. The molecule has 128 valence electrons. The van der Waals surface area contributed by atoms with Gasteiger partial charge in [0.15, 0.2) is 9.84 Å². The number of amides is 1. The maximum atomic E-state index is 11.7. The second-order valence-electron chi connectivity index (χ2n) is 4.90. The Kier molecular flexibility index (Phi) is 5.19. The lowest BCUT2D eigenvalue weighted by Gasteiger charge is -2.09. The smallest absolute Gasteiger partial charge is 0.293 e. The molecule has 2 rings (SSSR count). The largest absolute Gasteiger partial charge is 0.472 e. The van der Waals surface area contributed by atoms with Gasteiger partial charge in [0.2, 0.25) is 0 Å². The molecule has 24 heavy (non-hydrogen) atoms. The van der Waals surface area contributed by atoms with Crippen LogP contribution >= 0.6 is 0 Å². The molecule has 0 radical (unpaired) electrons. The summed E-state index contributed by atoms with van der Waals surface area (Å²) >= 11 is 0. The van der Waals surface area contributed by atoms with Gasteiger partial charge in [0.25, 0.3) is 11.6 Å². The zero-order valence-corrected chi connectivity index (χ0v) is 13.5. The highest BCUT2D eigenvalue weighted by molar-refractivity contribution is 7.90. The molecular formula is C14H15N3O6S. The summed E-state index contributed by atoms with van der Waals surface area (Å²) in [5.74, 6) is -0.326. The van der Waals surface area contributed by atoms with Gasteiger partial charge < -0.3 is 15.1 Å². The summed E-state index contributed by atoms with van der Waals surface area (Å²) in [5, 5.41) is 16.5. The average molecular weight is 353 g/mol. The molecule has 2 aromatic rings. The summed E-state index contributed by atoms with van der Waals surface area (Å²) < 4.78 is 27.7. The van der Waals surface area contributed by atoms with Crippen LogP contribution in [0.15, 0.2) is 46.1 Å². The van der Waals surface area contributed by atoms with Crippen LogP contribution in [0, 0.1) is 10.1 Å². The minimum absolute atomic E-state index is 0.131. The molecule has 1 heterocycles. The van der Waals surface area contributed by atoms with Crippen LogP contribution in [-0.2, 0) is 9.84 Å². The van der Waals surface area contributed by atoms with Crippen molar-refractivity contribution in [3.63, 3.8) is 0 Å². The van der Waals surface area contributed by atoms with Crippen molar-refractivity contribution < 1.29 is 22.6 Å². The van der Waals surface area contributed by atoms with E-state index in [4.69, 9.17) is 4.42 Å². The van der Waals surface area contributed by atoms with Crippen molar-refractivity contribution in [3.05, 3.63) is 52.5 Å². The van der Waals surface area contributed by atoms with Crippen molar-refractivity contribution in [1.29, 1.82) is 0 Å². The molecule has 10 heteroatoms. The highest BCUT2D eigenvalue weighted by atomic mass is 32.2. The number of carbonyl (C=O) groups is 1. The number of nitrogens with zero attached hydrogens (tertiary/aromatic N) is 1. The molecule has 0 bridgehead atoms. The normalized spacial score (nSPS) is 11.0. The van der Waals surface area contributed by atoms with E-state index < -0.39 is 14.8 Å². The summed E-state index contributed by atoms with van der Waals surface area (Å²) in [6.07, 6.45) is 3.65. The molecule has 1 aromatic carbocycles. The fourth-order valence-electron chi connectivity index (χ4n) is 1.91. The monoisotopic (exact) mass is 353 g/mol. The Labute approximate surface area is 137 Å². The van der Waals surface area contributed by atoms with Crippen molar-refractivity contribution in [3.8, 4) is 0 Å². The molecule has 1 amide bonds. The van der Waals surface area contributed by atoms with Crippen molar-refractivity contribution in [2.45, 2.75) is 4.90 Å². The fraction of sp³-hybridized carbons (Fsp3) is 0.214. The summed E-state index contributed by atoms with van der Waals surface area (Å²) in [6.45, 7) is 0.442. The van der Waals surface area contributed by atoms with Crippen molar-refractivity contribution in [2.24, 2.45) is 0 Å². The van der Waals surface area contributed by atoms with E-state index in [-0.39, 0.29) is 35.3 Å². The first-order valence-corrected chi connectivity index (χ1v) is 8.71. The molecule has 0 atom stereocenters. The number of hydrogen-bond donors (Lipinski definition) is 2. The third kappa shape index (κ3) is 4.32. The number of hydrogen-bond acceptors (Lipinski definition) is 7. The second-order valence-corrected chi connectivity index (χ2v) is 6.92. The highest BCUT2D eigenvalue weighted by Crippen LogP contribution is 2.27. The quantitative estimate of drug-likeness (QED) is 0.437. The van der Waals surface area contributed by atoms with Gasteiger partial charge in [-0.2, -0.15) is 0 Å². The summed E-state index contributed by atoms with van der Waals surface area (Å²) in [6, 6.07) is 5.13. The molecule has 0 aliphatic carbocycles. The number of furan rings is 1. The van der Waals surface area contributed by atoms with Crippen LogP contribution in [0.4, 0.5) is 11.4 Å². The molecule has 9 nitrogen and oxygen atoms in total. The van der Waals surface area contributed by atoms with Gasteiger partial charge in [0, 0.05) is 25.4 Å². The van der Waals surface area contributed by atoms with E-state index in [2.05, 4.69) is 10.6 Å². The van der Waals surface area contributed by atoms with Crippen LogP contribution in [-0.4, -0.2) is 38.6 Å². The van der Waals surface area contributed by atoms with E-state index in [9.17, 15) is 23.3 Å². The van der Waals surface area contributed by atoms with E-state index in [0.717, 1.165) is 12.3 Å². The average Bonchev–Trinajstić information content (AvgIpc) is 3.04. The third-order valence-corrected chi connectivity index (χ3v) is 4.21. The first-order chi connectivity index (χ1) is 11.3. The highest BCUT2D eigenvalue weighted by Gasteiger charge is 2.18. The molecule has 0 aliphatic heterocycles. The van der Waals surface area contributed by atoms with Gasteiger partial charge in [0.05, 0.1) is 21.6 Å². The number of benzene rings is 1. The lowest BCUT2D eigenvalue weighted by molar-refractivity contribution is -0.384. The molecular weight excluding hydrogens is 338 g/mol. The maximum absolute atomic E-state index is 11.7. The van der Waals surface area contributed by atoms with Gasteiger partial charge >= 0.3 is 0 Å². The maximum Gasteiger partial charge on any atom is 0.293 e. The molecule has 0 spiro atoms. The molecule has 0 aliphatic rings. The van der Waals surface area contributed by atoms with E-state index in [1.165, 1.54) is 30.7 Å². The Morgan fingerprint density at radius 3 is 2.62 bits per heavy atom. The summed E-state index contributed by atoms with van der Waals surface area (Å²) in [4.78, 5) is 22.0. The molecule has 0 saturated heterocycles. The number of carbonyl (C=O) groups excluding carboxylic acids is 1. The van der Waals surface area contributed by atoms with Gasteiger partial charge in [-0.25, -0.2) is 8.42 Å². The summed E-state index contributed by atoms with van der Waals surface area (Å²) in [7, 11) is -3.54. The molecule has 0 saturated carbocycles. The SMILES string of the molecule is CS(=O)(=O)c1ccc(NCCNC(=O)c2ccoc2)c([N+](=O)[O-])c1. The Morgan fingerprint density at radius 2 is 2.04 bits per heavy atom. The van der Waals surface area contributed by atoms with Crippen LogP contribution in [0.2, 0.25) is 0 Å². The van der Waals surface area contributed by atoms with Crippen LogP contribution in [0.5, 0.6) is 0 Å². The van der Waals surface area contributed by atoms with Gasteiger partial charge in [-0.3, -0.25) is 14.9 Å². The van der Waals surface area contributed by atoms with Crippen LogP contribution in [0.25, 0.3) is 0 Å². The Morgan fingerprint density at radius 1 is 1.29 bits per heavy atom. The first-order valence-electron chi connectivity index (χ1n) is 6.82. The van der Waals surface area contributed by atoms with E-state index in [0.29, 0.717) is 5.56 Å². The number of anilines is 1. The minimum atomic E-state index is -3.54. The molecule has 2 N–H and O–H groups in total. The Balaban J connectivity index is 1.99. The van der Waals surface area contributed by atoms with Gasteiger partial charge in [-0.05, 0) is 18.2 Å². The van der Waals surface area contributed by atoms with E-state index >= 15 is 0 Å². The number of nitrogens with one attached hydrogen (secondary N) is 2. The molecule has 1 aromatic heterocycles. The van der Waals surface area contributed by atoms with Crippen LogP contribution in [0.3, 0.4) is 0 Å². The lowest BCUT2D eigenvalue weighted by Crippen LogP contribution is -2.28. The van der Waals surface area contributed by atoms with Crippen LogP contribution < -0.4 is 10.6 Å². The van der Waals surface area contributed by atoms with Crippen molar-refractivity contribution >= 4 is 27.1 Å².